The van der Waals surface area contributed by atoms with E-state index in [1.165, 1.54) is 0 Å². The fraction of sp³-hybridized carbons (Fsp3) is 0.667. The summed E-state index contributed by atoms with van der Waals surface area (Å²) < 4.78 is 24.6. The van der Waals surface area contributed by atoms with E-state index in [1.54, 1.807) is 4.68 Å². The average molecular weight is 268 g/mol. The van der Waals surface area contributed by atoms with Crippen LogP contribution in [0, 0.1) is 0 Å². The van der Waals surface area contributed by atoms with Crippen LogP contribution in [0.1, 0.15) is 47.1 Å². The van der Waals surface area contributed by atoms with Crippen molar-refractivity contribution in [2.75, 3.05) is 11.5 Å². The Morgan fingerprint density at radius 2 is 1.94 bits per heavy atom. The van der Waals surface area contributed by atoms with Gasteiger partial charge in [-0.2, -0.15) is 5.10 Å². The van der Waals surface area contributed by atoms with E-state index in [-0.39, 0.29) is 17.5 Å². The lowest BCUT2D eigenvalue weighted by Crippen LogP contribution is -2.27. The van der Waals surface area contributed by atoms with Crippen LogP contribution in [0.25, 0.3) is 0 Å². The highest BCUT2D eigenvalue weighted by Crippen LogP contribution is 2.30. The van der Waals surface area contributed by atoms with Gasteiger partial charge in [-0.15, -0.1) is 0 Å². The van der Waals surface area contributed by atoms with Crippen LogP contribution in [0.15, 0.2) is 0 Å². The molecule has 1 fully saturated rings. The van der Waals surface area contributed by atoms with Gasteiger partial charge in [-0.3, -0.25) is 9.48 Å². The fourth-order valence-electron chi connectivity index (χ4n) is 2.96. The van der Waals surface area contributed by atoms with E-state index in [1.807, 2.05) is 0 Å². The Labute approximate surface area is 106 Å². The van der Waals surface area contributed by atoms with Crippen LogP contribution in [-0.2, 0) is 22.7 Å². The van der Waals surface area contributed by atoms with E-state index in [0.717, 1.165) is 36.8 Å². The number of aromatic nitrogens is 2. The minimum Gasteiger partial charge on any atom is -0.296 e. The quantitative estimate of drug-likeness (QED) is 0.748. The van der Waals surface area contributed by atoms with Crippen molar-refractivity contribution >= 4 is 16.1 Å². The molecule has 0 N–H and O–H groups in total. The molecule has 3 rings (SSSR count). The van der Waals surface area contributed by atoms with Crippen LogP contribution >= 0.6 is 0 Å². The lowest BCUT2D eigenvalue weighted by molar-refractivity contribution is 0.111. The Balaban J connectivity index is 1.91. The number of aldehydes is 1. The molecule has 2 aliphatic rings. The Hall–Kier alpha value is -1.17. The summed E-state index contributed by atoms with van der Waals surface area (Å²) in [6.45, 7) is 0. The summed E-state index contributed by atoms with van der Waals surface area (Å²) in [5.41, 5.74) is 2.79. The first-order valence-corrected chi connectivity index (χ1v) is 8.19. The van der Waals surface area contributed by atoms with Crippen molar-refractivity contribution in [1.82, 2.24) is 9.78 Å². The second kappa shape index (κ2) is 4.19. The second-order valence-corrected chi connectivity index (χ2v) is 7.41. The molecule has 1 saturated heterocycles. The molecular formula is C12H16N2O3S. The SMILES string of the molecule is O=Cc1c2c(nn1C1CCS(=O)(=O)CC1)CCC2. The standard InChI is InChI=1S/C12H16N2O3S/c15-8-12-10-2-1-3-11(10)13-14(12)9-4-6-18(16,17)7-5-9/h8-9H,1-7H2. The molecule has 0 aromatic carbocycles. The topological polar surface area (TPSA) is 69.0 Å². The maximum Gasteiger partial charge on any atom is 0.168 e. The molecule has 0 amide bonds. The van der Waals surface area contributed by atoms with E-state index in [0.29, 0.717) is 18.5 Å². The third kappa shape index (κ3) is 1.88. The number of rotatable bonds is 2. The first-order chi connectivity index (χ1) is 8.61. The Kier molecular flexibility index (Phi) is 2.77. The number of carbonyl (C=O) groups excluding carboxylic acids is 1. The predicted octanol–water partition coefficient (Wildman–Crippen LogP) is 0.934. The maximum absolute atomic E-state index is 11.4. The summed E-state index contributed by atoms with van der Waals surface area (Å²) >= 11 is 0. The van der Waals surface area contributed by atoms with Crippen molar-refractivity contribution in [1.29, 1.82) is 0 Å². The third-order valence-electron chi connectivity index (χ3n) is 3.95. The number of sulfone groups is 1. The van der Waals surface area contributed by atoms with E-state index >= 15 is 0 Å². The summed E-state index contributed by atoms with van der Waals surface area (Å²) in [4.78, 5) is 11.2. The molecule has 0 bridgehead atoms. The Morgan fingerprint density at radius 3 is 2.61 bits per heavy atom. The number of aryl methyl sites for hydroxylation is 1. The van der Waals surface area contributed by atoms with Gasteiger partial charge in [-0.1, -0.05) is 0 Å². The molecule has 0 spiro atoms. The van der Waals surface area contributed by atoms with Crippen molar-refractivity contribution < 1.29 is 13.2 Å². The van der Waals surface area contributed by atoms with E-state index in [4.69, 9.17) is 0 Å². The number of carbonyl (C=O) groups is 1. The van der Waals surface area contributed by atoms with Crippen molar-refractivity contribution in [2.24, 2.45) is 0 Å². The molecule has 1 aliphatic heterocycles. The van der Waals surface area contributed by atoms with E-state index < -0.39 is 9.84 Å². The number of nitrogens with zero attached hydrogens (tertiary/aromatic N) is 2. The van der Waals surface area contributed by atoms with E-state index in [9.17, 15) is 13.2 Å². The van der Waals surface area contributed by atoms with Crippen LogP contribution in [0.4, 0.5) is 0 Å². The average Bonchev–Trinajstić information content (AvgIpc) is 2.88. The van der Waals surface area contributed by atoms with Crippen LogP contribution in [0.5, 0.6) is 0 Å². The van der Waals surface area contributed by atoms with E-state index in [2.05, 4.69) is 5.10 Å². The van der Waals surface area contributed by atoms with Gasteiger partial charge in [-0.05, 0) is 32.1 Å². The number of fused-ring (bicyclic) bond motifs is 1. The molecule has 1 aromatic rings. The van der Waals surface area contributed by atoms with Gasteiger partial charge >= 0.3 is 0 Å². The molecule has 0 radical (unpaired) electrons. The van der Waals surface area contributed by atoms with Gasteiger partial charge in [0.15, 0.2) is 6.29 Å². The number of hydrogen-bond donors (Lipinski definition) is 0. The number of hydrogen-bond acceptors (Lipinski definition) is 4. The van der Waals surface area contributed by atoms with Crippen molar-refractivity contribution in [3.05, 3.63) is 17.0 Å². The Bertz CT molecular complexity index is 575. The molecule has 2 heterocycles. The van der Waals surface area contributed by atoms with Crippen molar-refractivity contribution in [3.8, 4) is 0 Å². The lowest BCUT2D eigenvalue weighted by Gasteiger charge is -2.23. The van der Waals surface area contributed by atoms with Crippen LogP contribution in [0.3, 0.4) is 0 Å². The smallest absolute Gasteiger partial charge is 0.168 e. The highest BCUT2D eigenvalue weighted by atomic mass is 32.2. The molecule has 98 valence electrons. The molecule has 18 heavy (non-hydrogen) atoms. The van der Waals surface area contributed by atoms with Gasteiger partial charge in [0, 0.05) is 5.56 Å². The first-order valence-electron chi connectivity index (χ1n) is 6.36. The zero-order valence-corrected chi connectivity index (χ0v) is 10.9. The zero-order chi connectivity index (χ0) is 12.8. The highest BCUT2D eigenvalue weighted by molar-refractivity contribution is 7.91. The fourth-order valence-corrected chi connectivity index (χ4v) is 4.43. The highest BCUT2D eigenvalue weighted by Gasteiger charge is 2.30. The third-order valence-corrected chi connectivity index (χ3v) is 5.67. The molecule has 0 saturated carbocycles. The summed E-state index contributed by atoms with van der Waals surface area (Å²) in [6.07, 6.45) is 4.95. The minimum atomic E-state index is -2.87. The van der Waals surface area contributed by atoms with Gasteiger partial charge < -0.3 is 0 Å². The van der Waals surface area contributed by atoms with Crippen LogP contribution < -0.4 is 0 Å². The predicted molar refractivity (Wildman–Crippen MR) is 66.6 cm³/mol. The Morgan fingerprint density at radius 1 is 1.22 bits per heavy atom. The second-order valence-electron chi connectivity index (χ2n) is 5.11. The molecule has 5 nitrogen and oxygen atoms in total. The summed E-state index contributed by atoms with van der Waals surface area (Å²) in [5, 5.41) is 4.52. The summed E-state index contributed by atoms with van der Waals surface area (Å²) in [7, 11) is -2.87. The first kappa shape index (κ1) is 11.9. The van der Waals surface area contributed by atoms with Crippen molar-refractivity contribution in [3.63, 3.8) is 0 Å². The molecular weight excluding hydrogens is 252 g/mol. The maximum atomic E-state index is 11.4. The van der Waals surface area contributed by atoms with Gasteiger partial charge in [0.1, 0.15) is 15.5 Å². The monoisotopic (exact) mass is 268 g/mol. The van der Waals surface area contributed by atoms with Crippen molar-refractivity contribution in [2.45, 2.75) is 38.1 Å². The molecule has 0 unspecified atom stereocenters. The minimum absolute atomic E-state index is 0.0688. The summed E-state index contributed by atoms with van der Waals surface area (Å²) in [6, 6.07) is 0.0688. The normalized spacial score (nSPS) is 22.9. The zero-order valence-electron chi connectivity index (χ0n) is 10.1. The molecule has 6 heteroatoms. The summed E-state index contributed by atoms with van der Waals surface area (Å²) in [5.74, 6) is 0.418. The lowest BCUT2D eigenvalue weighted by atomic mass is 10.1. The molecule has 1 aliphatic carbocycles. The van der Waals surface area contributed by atoms with Crippen LogP contribution in [0.2, 0.25) is 0 Å². The van der Waals surface area contributed by atoms with Gasteiger partial charge in [0.2, 0.25) is 0 Å². The largest absolute Gasteiger partial charge is 0.296 e. The van der Waals surface area contributed by atoms with Crippen LogP contribution in [-0.4, -0.2) is 36.0 Å². The molecule has 0 atom stereocenters. The van der Waals surface area contributed by atoms with Gasteiger partial charge in [0.05, 0.1) is 23.2 Å². The van der Waals surface area contributed by atoms with Gasteiger partial charge in [-0.25, -0.2) is 8.42 Å². The molecule has 1 aromatic heterocycles. The van der Waals surface area contributed by atoms with Gasteiger partial charge in [0.25, 0.3) is 0 Å².